The number of benzene rings is 1. The number of hydrogen-bond acceptors (Lipinski definition) is 3. The molecule has 108 valence electrons. The largest absolute Gasteiger partial charge is 0.478 e. The predicted octanol–water partition coefficient (Wildman–Crippen LogP) is 3.02. The van der Waals surface area contributed by atoms with Crippen molar-refractivity contribution in [2.24, 2.45) is 0 Å². The van der Waals surface area contributed by atoms with E-state index >= 15 is 0 Å². The lowest BCUT2D eigenvalue weighted by Gasteiger charge is -2.11. The number of aryl methyl sites for hydroxylation is 2. The number of pyridine rings is 1. The van der Waals surface area contributed by atoms with Gasteiger partial charge in [0.25, 0.3) is 0 Å². The monoisotopic (exact) mass is 285 g/mol. The molecule has 5 nitrogen and oxygen atoms in total. The Bertz CT molecular complexity index is 670. The fourth-order valence-corrected chi connectivity index (χ4v) is 2.18. The molecular weight excluding hydrogens is 270 g/mol. The second kappa shape index (κ2) is 5.75. The highest BCUT2D eigenvalue weighted by atomic mass is 16.4. The summed E-state index contributed by atoms with van der Waals surface area (Å²) in [7, 11) is 0. The van der Waals surface area contributed by atoms with Crippen molar-refractivity contribution in [1.29, 1.82) is 0 Å². The van der Waals surface area contributed by atoms with Crippen LogP contribution in [0.15, 0.2) is 30.5 Å². The van der Waals surface area contributed by atoms with Crippen molar-refractivity contribution in [1.82, 2.24) is 4.98 Å². The standard InChI is InChI=1S/C16H15NO4/c1-3-10-4-5-13(17-8-10)14-11(15(18)19)6-9(2)7-12(14)16(20)21/h4-8H,3H2,1-2H3,(H,18,19)(H,20,21). The Labute approximate surface area is 121 Å². The maximum atomic E-state index is 11.4. The first-order valence-electron chi connectivity index (χ1n) is 6.50. The summed E-state index contributed by atoms with van der Waals surface area (Å²) >= 11 is 0. The van der Waals surface area contributed by atoms with E-state index in [1.54, 1.807) is 19.2 Å². The lowest BCUT2D eigenvalue weighted by molar-refractivity contribution is 0.0696. The second-order valence-electron chi connectivity index (χ2n) is 4.75. The van der Waals surface area contributed by atoms with Gasteiger partial charge in [-0.1, -0.05) is 13.0 Å². The second-order valence-corrected chi connectivity index (χ2v) is 4.75. The highest BCUT2D eigenvalue weighted by molar-refractivity contribution is 6.04. The summed E-state index contributed by atoms with van der Waals surface area (Å²) in [6.45, 7) is 3.64. The lowest BCUT2D eigenvalue weighted by Crippen LogP contribution is -2.08. The number of hydrogen-bond donors (Lipinski definition) is 2. The molecule has 0 fully saturated rings. The fourth-order valence-electron chi connectivity index (χ4n) is 2.18. The van der Waals surface area contributed by atoms with E-state index in [-0.39, 0.29) is 16.7 Å². The maximum Gasteiger partial charge on any atom is 0.336 e. The average Bonchev–Trinajstić information content (AvgIpc) is 2.46. The van der Waals surface area contributed by atoms with Crippen LogP contribution in [0.25, 0.3) is 11.3 Å². The molecule has 2 N–H and O–H groups in total. The van der Waals surface area contributed by atoms with E-state index in [9.17, 15) is 19.8 Å². The minimum absolute atomic E-state index is 0.0517. The van der Waals surface area contributed by atoms with Crippen LogP contribution in [-0.2, 0) is 6.42 Å². The summed E-state index contributed by atoms with van der Waals surface area (Å²) < 4.78 is 0. The molecule has 5 heteroatoms. The van der Waals surface area contributed by atoms with Gasteiger partial charge in [-0.05, 0) is 42.7 Å². The van der Waals surface area contributed by atoms with E-state index in [2.05, 4.69) is 4.98 Å². The quantitative estimate of drug-likeness (QED) is 0.901. The Morgan fingerprint density at radius 3 is 2.05 bits per heavy atom. The summed E-state index contributed by atoms with van der Waals surface area (Å²) in [5.74, 6) is -2.34. The first-order chi connectivity index (χ1) is 9.93. The molecule has 2 aromatic rings. The molecule has 0 aliphatic carbocycles. The molecule has 0 bridgehead atoms. The smallest absolute Gasteiger partial charge is 0.336 e. The summed E-state index contributed by atoms with van der Waals surface area (Å²) in [6.07, 6.45) is 2.44. The lowest BCUT2D eigenvalue weighted by atomic mass is 9.95. The number of aromatic nitrogens is 1. The van der Waals surface area contributed by atoms with Crippen LogP contribution in [-0.4, -0.2) is 27.1 Å². The minimum Gasteiger partial charge on any atom is -0.478 e. The minimum atomic E-state index is -1.17. The molecular formula is C16H15NO4. The molecule has 0 aliphatic rings. The average molecular weight is 285 g/mol. The topological polar surface area (TPSA) is 87.5 Å². The first kappa shape index (κ1) is 14.7. The highest BCUT2D eigenvalue weighted by Crippen LogP contribution is 2.28. The Hall–Kier alpha value is -2.69. The van der Waals surface area contributed by atoms with Crippen LogP contribution >= 0.6 is 0 Å². The summed E-state index contributed by atoms with van der Waals surface area (Å²) in [4.78, 5) is 27.1. The molecule has 1 aromatic heterocycles. The van der Waals surface area contributed by atoms with E-state index < -0.39 is 11.9 Å². The van der Waals surface area contributed by atoms with Crippen molar-refractivity contribution < 1.29 is 19.8 Å². The molecule has 0 saturated carbocycles. The maximum absolute atomic E-state index is 11.4. The van der Waals surface area contributed by atoms with Crippen LogP contribution in [0.3, 0.4) is 0 Å². The zero-order valence-electron chi connectivity index (χ0n) is 11.8. The van der Waals surface area contributed by atoms with Gasteiger partial charge in [-0.3, -0.25) is 4.98 Å². The van der Waals surface area contributed by atoms with E-state index in [4.69, 9.17) is 0 Å². The Morgan fingerprint density at radius 2 is 1.67 bits per heavy atom. The van der Waals surface area contributed by atoms with Gasteiger partial charge in [-0.2, -0.15) is 0 Å². The van der Waals surface area contributed by atoms with Crippen molar-refractivity contribution in [3.05, 3.63) is 52.7 Å². The van der Waals surface area contributed by atoms with Crippen LogP contribution in [0, 0.1) is 6.92 Å². The zero-order chi connectivity index (χ0) is 15.6. The molecule has 0 spiro atoms. The molecule has 1 heterocycles. The van der Waals surface area contributed by atoms with E-state index in [0.29, 0.717) is 11.3 Å². The SMILES string of the molecule is CCc1ccc(-c2c(C(=O)O)cc(C)cc2C(=O)O)nc1. The van der Waals surface area contributed by atoms with E-state index in [0.717, 1.165) is 12.0 Å². The van der Waals surface area contributed by atoms with Gasteiger partial charge in [0.15, 0.2) is 0 Å². The summed E-state index contributed by atoms with van der Waals surface area (Å²) in [5.41, 5.74) is 1.97. The van der Waals surface area contributed by atoms with Crippen molar-refractivity contribution in [2.45, 2.75) is 20.3 Å². The van der Waals surface area contributed by atoms with Gasteiger partial charge in [0.05, 0.1) is 16.8 Å². The number of aromatic carboxylic acids is 2. The molecule has 0 radical (unpaired) electrons. The Morgan fingerprint density at radius 1 is 1.10 bits per heavy atom. The molecule has 2 rings (SSSR count). The Balaban J connectivity index is 2.74. The van der Waals surface area contributed by atoms with Gasteiger partial charge in [0.2, 0.25) is 0 Å². The third kappa shape index (κ3) is 2.91. The number of carbonyl (C=O) groups is 2. The van der Waals surface area contributed by atoms with Crippen molar-refractivity contribution in [3.8, 4) is 11.3 Å². The number of rotatable bonds is 4. The van der Waals surface area contributed by atoms with Crippen molar-refractivity contribution in [3.63, 3.8) is 0 Å². The van der Waals surface area contributed by atoms with Crippen LogP contribution in [0.1, 0.15) is 38.8 Å². The van der Waals surface area contributed by atoms with Crippen LogP contribution in [0.2, 0.25) is 0 Å². The number of carboxylic acids is 2. The van der Waals surface area contributed by atoms with Gasteiger partial charge in [-0.15, -0.1) is 0 Å². The summed E-state index contributed by atoms with van der Waals surface area (Å²) in [5, 5.41) is 18.7. The zero-order valence-corrected chi connectivity index (χ0v) is 11.8. The molecule has 0 amide bonds. The van der Waals surface area contributed by atoms with Crippen LogP contribution in [0.5, 0.6) is 0 Å². The molecule has 21 heavy (non-hydrogen) atoms. The van der Waals surface area contributed by atoms with Gasteiger partial charge in [0.1, 0.15) is 0 Å². The first-order valence-corrected chi connectivity index (χ1v) is 6.50. The Kier molecular flexibility index (Phi) is 4.03. The van der Waals surface area contributed by atoms with Crippen LogP contribution < -0.4 is 0 Å². The third-order valence-electron chi connectivity index (χ3n) is 3.23. The van der Waals surface area contributed by atoms with Gasteiger partial charge < -0.3 is 10.2 Å². The normalized spacial score (nSPS) is 10.4. The fraction of sp³-hybridized carbons (Fsp3) is 0.188. The highest BCUT2D eigenvalue weighted by Gasteiger charge is 2.21. The molecule has 0 aliphatic heterocycles. The third-order valence-corrected chi connectivity index (χ3v) is 3.23. The molecule has 1 aromatic carbocycles. The van der Waals surface area contributed by atoms with Gasteiger partial charge >= 0.3 is 11.9 Å². The van der Waals surface area contributed by atoms with E-state index in [1.165, 1.54) is 12.1 Å². The van der Waals surface area contributed by atoms with Gasteiger partial charge in [-0.25, -0.2) is 9.59 Å². The van der Waals surface area contributed by atoms with Gasteiger partial charge in [0, 0.05) is 11.8 Å². The number of nitrogens with zero attached hydrogens (tertiary/aromatic N) is 1. The summed E-state index contributed by atoms with van der Waals surface area (Å²) in [6, 6.07) is 6.39. The molecule has 0 atom stereocenters. The molecule has 0 saturated heterocycles. The number of carboxylic acid groups (broad SMARTS) is 2. The van der Waals surface area contributed by atoms with Crippen molar-refractivity contribution >= 4 is 11.9 Å². The van der Waals surface area contributed by atoms with Crippen molar-refractivity contribution in [2.75, 3.05) is 0 Å². The van der Waals surface area contributed by atoms with E-state index in [1.807, 2.05) is 13.0 Å². The molecule has 0 unspecified atom stereocenters. The van der Waals surface area contributed by atoms with Crippen LogP contribution in [0.4, 0.5) is 0 Å². The predicted molar refractivity (Wildman–Crippen MR) is 77.7 cm³/mol.